The molecule has 1 aliphatic carbocycles. The molecule has 0 aliphatic heterocycles. The van der Waals surface area contributed by atoms with E-state index in [0.717, 1.165) is 17.5 Å². The Hall–Kier alpha value is -2.60. The molecule has 2 aromatic carbocycles. The summed E-state index contributed by atoms with van der Waals surface area (Å²) in [6.07, 6.45) is 8.13. The van der Waals surface area contributed by atoms with Crippen LogP contribution >= 0.6 is 0 Å². The number of unbranched alkanes of at least 4 members (excludes halogenated alkanes) is 2. The molecule has 0 heterocycles. The monoisotopic (exact) mass is 378 g/mol. The molecular formula is C23H30N4O. The van der Waals surface area contributed by atoms with Gasteiger partial charge in [0.05, 0.1) is 11.7 Å². The smallest absolute Gasteiger partial charge is 0.147 e. The van der Waals surface area contributed by atoms with Crippen molar-refractivity contribution in [2.45, 2.75) is 44.3 Å². The molecule has 5 heteroatoms. The molecular weight excluding hydrogens is 348 g/mol. The van der Waals surface area contributed by atoms with E-state index in [9.17, 15) is 0 Å². The normalized spacial score (nSPS) is 18.4. The minimum absolute atomic E-state index is 0.341. The lowest BCUT2D eigenvalue weighted by Crippen LogP contribution is -2.64. The van der Waals surface area contributed by atoms with Crippen LogP contribution in [-0.2, 0) is 6.42 Å². The van der Waals surface area contributed by atoms with Crippen LogP contribution in [0.5, 0.6) is 5.75 Å². The van der Waals surface area contributed by atoms with Crippen LogP contribution in [0.2, 0.25) is 0 Å². The van der Waals surface area contributed by atoms with Crippen molar-refractivity contribution in [1.29, 1.82) is 0 Å². The van der Waals surface area contributed by atoms with Gasteiger partial charge in [0.2, 0.25) is 0 Å². The number of allylic oxidation sites excluding steroid dienone is 1. The highest BCUT2D eigenvalue weighted by atomic mass is 16.5. The van der Waals surface area contributed by atoms with E-state index in [1.165, 1.54) is 24.8 Å². The minimum Gasteiger partial charge on any atom is -0.455 e. The van der Waals surface area contributed by atoms with Gasteiger partial charge in [-0.3, -0.25) is 0 Å². The van der Waals surface area contributed by atoms with Crippen LogP contribution in [0.1, 0.15) is 31.7 Å². The third kappa shape index (κ3) is 4.44. The predicted molar refractivity (Wildman–Crippen MR) is 115 cm³/mol. The van der Waals surface area contributed by atoms with Gasteiger partial charge in [0, 0.05) is 5.56 Å². The van der Waals surface area contributed by atoms with E-state index in [-0.39, 0.29) is 0 Å². The van der Waals surface area contributed by atoms with Crippen LogP contribution in [0.3, 0.4) is 0 Å². The fraction of sp³-hybridized carbons (Fsp3) is 0.304. The quantitative estimate of drug-likeness (QED) is 0.437. The summed E-state index contributed by atoms with van der Waals surface area (Å²) >= 11 is 0. The Labute approximate surface area is 167 Å². The molecule has 2 aromatic rings. The lowest BCUT2D eigenvalue weighted by Gasteiger charge is -2.32. The molecule has 0 spiro atoms. The first-order valence-corrected chi connectivity index (χ1v) is 9.81. The number of rotatable bonds is 7. The fourth-order valence-electron chi connectivity index (χ4n) is 3.28. The van der Waals surface area contributed by atoms with Crippen LogP contribution in [-0.4, -0.2) is 11.7 Å². The molecule has 8 N–H and O–H groups in total. The van der Waals surface area contributed by atoms with Gasteiger partial charge in [-0.2, -0.15) is 0 Å². The Morgan fingerprint density at radius 3 is 2.43 bits per heavy atom. The van der Waals surface area contributed by atoms with Crippen LogP contribution in [0.4, 0.5) is 0 Å². The molecule has 1 atom stereocenters. The van der Waals surface area contributed by atoms with Gasteiger partial charge in [0.1, 0.15) is 17.2 Å². The number of aryl methyl sites for hydroxylation is 1. The second-order valence-electron chi connectivity index (χ2n) is 7.38. The molecule has 28 heavy (non-hydrogen) atoms. The largest absolute Gasteiger partial charge is 0.455 e. The van der Waals surface area contributed by atoms with Crippen LogP contribution in [0.15, 0.2) is 72.1 Å². The molecule has 0 saturated heterocycles. The van der Waals surface area contributed by atoms with Crippen molar-refractivity contribution in [2.75, 3.05) is 0 Å². The van der Waals surface area contributed by atoms with Crippen molar-refractivity contribution >= 4 is 0 Å². The zero-order valence-corrected chi connectivity index (χ0v) is 16.4. The number of hydrogen-bond donors (Lipinski definition) is 4. The Bertz CT molecular complexity index is 868. The zero-order chi connectivity index (χ0) is 20.1. The van der Waals surface area contributed by atoms with Gasteiger partial charge in [0.25, 0.3) is 0 Å². The maximum absolute atomic E-state index is 6.13. The van der Waals surface area contributed by atoms with E-state index in [2.05, 4.69) is 31.2 Å². The van der Waals surface area contributed by atoms with Crippen molar-refractivity contribution in [3.05, 3.63) is 77.7 Å². The van der Waals surface area contributed by atoms with E-state index < -0.39 is 11.7 Å². The average Bonchev–Trinajstić information content (AvgIpc) is 2.70. The average molecular weight is 379 g/mol. The number of hydrogen-bond acceptors (Lipinski definition) is 5. The summed E-state index contributed by atoms with van der Waals surface area (Å²) < 4.78 is 6.10. The summed E-state index contributed by atoms with van der Waals surface area (Å²) in [5, 5.41) is 0. The summed E-state index contributed by atoms with van der Waals surface area (Å²) in [6, 6.07) is 15.8. The molecule has 148 valence electrons. The van der Waals surface area contributed by atoms with Gasteiger partial charge in [-0.05, 0) is 42.2 Å². The maximum Gasteiger partial charge on any atom is 0.147 e. The van der Waals surface area contributed by atoms with E-state index in [0.29, 0.717) is 17.2 Å². The molecule has 0 bridgehead atoms. The molecule has 0 aromatic heterocycles. The molecule has 3 rings (SSSR count). The topological polar surface area (TPSA) is 113 Å². The maximum atomic E-state index is 6.13. The van der Waals surface area contributed by atoms with Crippen LogP contribution in [0.25, 0.3) is 11.1 Å². The summed E-state index contributed by atoms with van der Waals surface area (Å²) in [4.78, 5) is 0. The van der Waals surface area contributed by atoms with Gasteiger partial charge < -0.3 is 27.7 Å². The Balaban J connectivity index is 1.83. The summed E-state index contributed by atoms with van der Waals surface area (Å²) in [6.45, 7) is 2.22. The molecule has 0 amide bonds. The second kappa shape index (κ2) is 8.61. The van der Waals surface area contributed by atoms with E-state index >= 15 is 0 Å². The molecule has 1 aliphatic rings. The van der Waals surface area contributed by atoms with E-state index in [1.54, 1.807) is 12.2 Å². The van der Waals surface area contributed by atoms with Gasteiger partial charge in [-0.1, -0.05) is 62.2 Å². The van der Waals surface area contributed by atoms with Crippen molar-refractivity contribution in [3.8, 4) is 16.9 Å². The third-order valence-electron chi connectivity index (χ3n) is 5.12. The Morgan fingerprint density at radius 1 is 1.00 bits per heavy atom. The first-order chi connectivity index (χ1) is 13.4. The van der Waals surface area contributed by atoms with Crippen molar-refractivity contribution in [2.24, 2.45) is 22.9 Å². The SMILES string of the molecule is CCCCCc1ccc(-c2ccccc2OC2=C(N)C(N)C(N)(N)C=C2)cc1. The summed E-state index contributed by atoms with van der Waals surface area (Å²) in [5.41, 5.74) is 26.7. The minimum atomic E-state index is -1.18. The molecule has 0 saturated carbocycles. The molecule has 5 nitrogen and oxygen atoms in total. The first-order valence-electron chi connectivity index (χ1n) is 9.81. The molecule has 1 unspecified atom stereocenters. The number of nitrogens with two attached hydrogens (primary N) is 4. The second-order valence-corrected chi connectivity index (χ2v) is 7.38. The van der Waals surface area contributed by atoms with Crippen molar-refractivity contribution in [3.63, 3.8) is 0 Å². The number of benzene rings is 2. The van der Waals surface area contributed by atoms with Gasteiger partial charge >= 0.3 is 0 Å². The van der Waals surface area contributed by atoms with Gasteiger partial charge in [0.15, 0.2) is 0 Å². The summed E-state index contributed by atoms with van der Waals surface area (Å²) in [5.74, 6) is 1.18. The highest BCUT2D eigenvalue weighted by Crippen LogP contribution is 2.32. The van der Waals surface area contributed by atoms with Crippen LogP contribution < -0.4 is 27.7 Å². The molecule has 0 fully saturated rings. The number of para-hydroxylation sites is 1. The van der Waals surface area contributed by atoms with Gasteiger partial charge in [-0.25, -0.2) is 0 Å². The van der Waals surface area contributed by atoms with E-state index in [1.807, 2.05) is 24.3 Å². The fourth-order valence-corrected chi connectivity index (χ4v) is 3.28. The van der Waals surface area contributed by atoms with E-state index in [4.69, 9.17) is 27.7 Å². The highest BCUT2D eigenvalue weighted by molar-refractivity contribution is 5.71. The molecule has 0 radical (unpaired) electrons. The summed E-state index contributed by atoms with van der Waals surface area (Å²) in [7, 11) is 0. The standard InChI is InChI=1S/C23H30N4O/c1-2-3-4-7-16-10-12-17(13-11-16)18-8-5-6-9-19(18)28-20-14-15-23(26,27)22(25)21(20)24/h5-6,8-15,22H,2-4,7,24-27H2,1H3. The predicted octanol–water partition coefficient (Wildman–Crippen LogP) is 3.15. The van der Waals surface area contributed by atoms with Crippen molar-refractivity contribution < 1.29 is 4.74 Å². The highest BCUT2D eigenvalue weighted by Gasteiger charge is 2.32. The lowest BCUT2D eigenvalue weighted by molar-refractivity contribution is 0.395. The first kappa shape index (κ1) is 20.1. The van der Waals surface area contributed by atoms with Crippen molar-refractivity contribution in [1.82, 2.24) is 0 Å². The Kier molecular flexibility index (Phi) is 6.19. The third-order valence-corrected chi connectivity index (χ3v) is 5.12. The van der Waals surface area contributed by atoms with Crippen LogP contribution in [0, 0.1) is 0 Å². The van der Waals surface area contributed by atoms with Gasteiger partial charge in [-0.15, -0.1) is 0 Å². The number of ether oxygens (including phenoxy) is 1. The lowest BCUT2D eigenvalue weighted by atomic mass is 9.94. The Morgan fingerprint density at radius 2 is 1.71 bits per heavy atom. The zero-order valence-electron chi connectivity index (χ0n) is 16.4.